The third-order valence-corrected chi connectivity index (χ3v) is 8.47. The van der Waals surface area contributed by atoms with Crippen LogP contribution in [0.5, 0.6) is 23.0 Å². The average molecular weight is 682 g/mol. The largest absolute Gasteiger partial charge is 0.496 e. The van der Waals surface area contributed by atoms with Crippen molar-refractivity contribution in [2.24, 2.45) is 0 Å². The summed E-state index contributed by atoms with van der Waals surface area (Å²) in [6.07, 6.45) is 4.42. The third kappa shape index (κ3) is 7.60. The second-order valence-electron chi connectivity index (χ2n) is 10.8. The number of benzene rings is 4. The normalized spacial score (nSPS) is 10.6. The molecule has 0 unspecified atom stereocenters. The summed E-state index contributed by atoms with van der Waals surface area (Å²) in [7, 11) is 1.50. The van der Waals surface area contributed by atoms with Crippen molar-refractivity contribution in [3.05, 3.63) is 134 Å². The molecule has 0 saturated heterocycles. The fourth-order valence-electron chi connectivity index (χ4n) is 5.16. The quantitative estimate of drug-likeness (QED) is 0.113. The number of aldehydes is 2. The molecule has 0 aliphatic heterocycles. The first-order chi connectivity index (χ1) is 23.3. The van der Waals surface area contributed by atoms with E-state index in [1.807, 2.05) is 56.3 Å². The molecule has 0 aliphatic carbocycles. The van der Waals surface area contributed by atoms with E-state index < -0.39 is 0 Å². The van der Waals surface area contributed by atoms with E-state index in [0.29, 0.717) is 62.8 Å². The molecule has 0 radical (unpaired) electrons. The van der Waals surface area contributed by atoms with E-state index in [1.165, 1.54) is 19.4 Å². The summed E-state index contributed by atoms with van der Waals surface area (Å²) in [5, 5.41) is 9.83. The number of carbonyl (C=O) groups excluding carboxylic acids is 2. The minimum Gasteiger partial charge on any atom is -0.496 e. The molecule has 0 N–H and O–H groups in total. The van der Waals surface area contributed by atoms with E-state index >= 15 is 0 Å². The number of nitrogens with zero attached hydrogens (tertiary/aromatic N) is 2. The second kappa shape index (κ2) is 15.5. The molecule has 0 saturated carbocycles. The van der Waals surface area contributed by atoms with Gasteiger partial charge in [-0.05, 0) is 72.0 Å². The fraction of sp³-hybridized carbons (Fsp3) is 0.158. The molecule has 0 atom stereocenters. The molecule has 0 bridgehead atoms. The summed E-state index contributed by atoms with van der Waals surface area (Å²) in [6.45, 7) is 4.51. The number of ether oxygens (including phenoxy) is 4. The number of halogens is 2. The molecule has 0 aliphatic rings. The highest BCUT2D eigenvalue weighted by Gasteiger charge is 2.16. The first kappa shape index (κ1) is 34.0. The van der Waals surface area contributed by atoms with Crippen LogP contribution in [0.25, 0.3) is 11.1 Å². The van der Waals surface area contributed by atoms with Gasteiger partial charge in [0.15, 0.2) is 12.6 Å². The van der Waals surface area contributed by atoms with E-state index in [1.54, 1.807) is 30.5 Å². The van der Waals surface area contributed by atoms with Gasteiger partial charge in [-0.15, -0.1) is 0 Å². The molecular weight excluding hydrogens is 651 g/mol. The van der Waals surface area contributed by atoms with Gasteiger partial charge in [0.1, 0.15) is 48.9 Å². The lowest BCUT2D eigenvalue weighted by Crippen LogP contribution is -2.03. The highest BCUT2D eigenvalue weighted by Crippen LogP contribution is 2.36. The molecule has 0 spiro atoms. The first-order valence-corrected chi connectivity index (χ1v) is 15.5. The van der Waals surface area contributed by atoms with Crippen molar-refractivity contribution in [2.75, 3.05) is 7.11 Å². The molecule has 48 heavy (non-hydrogen) atoms. The van der Waals surface area contributed by atoms with Crippen molar-refractivity contribution >= 4 is 35.8 Å². The zero-order valence-electron chi connectivity index (χ0n) is 26.4. The van der Waals surface area contributed by atoms with E-state index in [9.17, 15) is 9.59 Å². The first-order valence-electron chi connectivity index (χ1n) is 14.8. The van der Waals surface area contributed by atoms with Crippen LogP contribution < -0.4 is 18.9 Å². The number of carbonyl (C=O) groups is 2. The van der Waals surface area contributed by atoms with Crippen LogP contribution in [0.1, 0.15) is 54.1 Å². The van der Waals surface area contributed by atoms with Crippen molar-refractivity contribution in [2.45, 2.75) is 33.7 Å². The molecule has 0 amide bonds. The smallest absolute Gasteiger partial charge is 0.153 e. The van der Waals surface area contributed by atoms with Crippen LogP contribution in [0.4, 0.5) is 0 Å². The van der Waals surface area contributed by atoms with E-state index in [0.717, 1.165) is 27.8 Å². The van der Waals surface area contributed by atoms with Gasteiger partial charge in [0, 0.05) is 34.6 Å². The SMILES string of the molecule is COc1cc(COc2cccc(-c3cccc(COc4cc(OCc5cncc(C#N)c5)c(C=O)cc4Cl)c3C)c2C)c(Cl)cc1C=O. The second-order valence-corrected chi connectivity index (χ2v) is 11.6. The van der Waals surface area contributed by atoms with Crippen LogP contribution >= 0.6 is 23.2 Å². The number of rotatable bonds is 13. The molecule has 10 heteroatoms. The Labute approximate surface area is 288 Å². The lowest BCUT2D eigenvalue weighted by atomic mass is 9.93. The molecular formula is C38H30Cl2N2O6. The molecule has 1 heterocycles. The summed E-state index contributed by atoms with van der Waals surface area (Å²) in [5.74, 6) is 1.77. The van der Waals surface area contributed by atoms with Crippen LogP contribution in [0, 0.1) is 25.2 Å². The Kier molecular flexibility index (Phi) is 11.0. The monoisotopic (exact) mass is 680 g/mol. The van der Waals surface area contributed by atoms with Gasteiger partial charge in [-0.1, -0.05) is 53.5 Å². The van der Waals surface area contributed by atoms with E-state index in [-0.39, 0.29) is 30.4 Å². The number of aromatic nitrogens is 1. The minimum absolute atomic E-state index is 0.0986. The summed E-state index contributed by atoms with van der Waals surface area (Å²) in [4.78, 5) is 27.1. The summed E-state index contributed by atoms with van der Waals surface area (Å²) in [5.41, 5.74) is 7.31. The maximum absolute atomic E-state index is 11.8. The molecule has 5 rings (SSSR count). The Morgan fingerprint density at radius 1 is 0.708 bits per heavy atom. The van der Waals surface area contributed by atoms with Crippen molar-refractivity contribution in [3.63, 3.8) is 0 Å². The molecule has 0 fully saturated rings. The van der Waals surface area contributed by atoms with Gasteiger partial charge in [-0.3, -0.25) is 14.6 Å². The number of pyridine rings is 1. The Bertz CT molecular complexity index is 2040. The lowest BCUT2D eigenvalue weighted by molar-refractivity contribution is 0.111. The fourth-order valence-corrected chi connectivity index (χ4v) is 5.62. The maximum atomic E-state index is 11.8. The van der Waals surface area contributed by atoms with Crippen molar-refractivity contribution < 1.29 is 28.5 Å². The predicted molar refractivity (Wildman–Crippen MR) is 184 cm³/mol. The Morgan fingerprint density at radius 3 is 2.08 bits per heavy atom. The van der Waals surface area contributed by atoms with Gasteiger partial charge in [0.05, 0.1) is 28.8 Å². The van der Waals surface area contributed by atoms with Crippen LogP contribution in [0.2, 0.25) is 10.0 Å². The highest BCUT2D eigenvalue weighted by atomic mass is 35.5. The summed E-state index contributed by atoms with van der Waals surface area (Å²) >= 11 is 12.9. The molecule has 4 aromatic carbocycles. The van der Waals surface area contributed by atoms with Gasteiger partial charge >= 0.3 is 0 Å². The van der Waals surface area contributed by atoms with Gasteiger partial charge in [-0.2, -0.15) is 5.26 Å². The zero-order valence-corrected chi connectivity index (χ0v) is 27.9. The van der Waals surface area contributed by atoms with Crippen molar-refractivity contribution in [3.8, 4) is 40.2 Å². The Morgan fingerprint density at radius 2 is 1.35 bits per heavy atom. The maximum Gasteiger partial charge on any atom is 0.153 e. The number of hydrogen-bond acceptors (Lipinski definition) is 8. The Balaban J connectivity index is 1.33. The molecule has 1 aromatic heterocycles. The Hall–Kier alpha value is -5.36. The number of nitriles is 1. The molecule has 242 valence electrons. The number of methoxy groups -OCH3 is 1. The van der Waals surface area contributed by atoms with Crippen molar-refractivity contribution in [1.29, 1.82) is 5.26 Å². The van der Waals surface area contributed by atoms with E-state index in [2.05, 4.69) is 4.98 Å². The zero-order chi connectivity index (χ0) is 34.2. The van der Waals surface area contributed by atoms with Gasteiger partial charge in [0.25, 0.3) is 0 Å². The van der Waals surface area contributed by atoms with Gasteiger partial charge < -0.3 is 18.9 Å². The average Bonchev–Trinajstić information content (AvgIpc) is 3.10. The standard InChI is InChI=1S/C38H30Cl2N2O6/c1-23-27(21-48-38-14-37(29(19-44)12-34(38)40)46-20-26-10-25(15-41)16-42-17-26)6-4-7-31(23)32-8-5-9-35(24(32)2)47-22-30-13-36(45-3)28(18-43)11-33(30)39/h4-14,16-19H,20-22H2,1-3H3. The summed E-state index contributed by atoms with van der Waals surface area (Å²) in [6, 6.07) is 21.9. The predicted octanol–water partition coefficient (Wildman–Crippen LogP) is 8.91. The van der Waals surface area contributed by atoms with Gasteiger partial charge in [0.2, 0.25) is 0 Å². The molecule has 5 aromatic rings. The molecule has 8 nitrogen and oxygen atoms in total. The summed E-state index contributed by atoms with van der Waals surface area (Å²) < 4.78 is 23.6. The topological polar surface area (TPSA) is 108 Å². The minimum atomic E-state index is 0.0986. The van der Waals surface area contributed by atoms with Gasteiger partial charge in [-0.25, -0.2) is 0 Å². The van der Waals surface area contributed by atoms with Crippen LogP contribution in [0.3, 0.4) is 0 Å². The van der Waals surface area contributed by atoms with Crippen molar-refractivity contribution in [1.82, 2.24) is 4.98 Å². The van der Waals surface area contributed by atoms with Crippen LogP contribution in [-0.4, -0.2) is 24.7 Å². The third-order valence-electron chi connectivity index (χ3n) is 7.82. The van der Waals surface area contributed by atoms with E-state index in [4.69, 9.17) is 47.4 Å². The highest BCUT2D eigenvalue weighted by molar-refractivity contribution is 6.32. The lowest BCUT2D eigenvalue weighted by Gasteiger charge is -2.18. The van der Waals surface area contributed by atoms with Crippen LogP contribution in [0.15, 0.2) is 79.1 Å². The number of hydrogen-bond donors (Lipinski definition) is 0. The van der Waals surface area contributed by atoms with Crippen LogP contribution in [-0.2, 0) is 19.8 Å².